The highest BCUT2D eigenvalue weighted by Gasteiger charge is 2.23. The lowest BCUT2D eigenvalue weighted by atomic mass is 10.1. The van der Waals surface area contributed by atoms with E-state index in [1.54, 1.807) is 0 Å². The fourth-order valence-electron chi connectivity index (χ4n) is 2.02. The minimum Gasteiger partial charge on any atom is -0.475 e. The second kappa shape index (κ2) is 5.18. The predicted octanol–water partition coefficient (Wildman–Crippen LogP) is 2.16. The van der Waals surface area contributed by atoms with Crippen LogP contribution in [-0.4, -0.2) is 36.1 Å². The third kappa shape index (κ3) is 2.87. The average molecular weight is 259 g/mol. The highest BCUT2D eigenvalue weighted by molar-refractivity contribution is 5.44. The summed E-state index contributed by atoms with van der Waals surface area (Å²) in [4.78, 5) is 6.63. The van der Waals surface area contributed by atoms with Crippen molar-refractivity contribution >= 4 is 0 Å². The lowest BCUT2D eigenvalue weighted by molar-refractivity contribution is 0.111. The maximum absolute atomic E-state index is 9.21. The smallest absolute Gasteiger partial charge is 0.231 e. The normalized spacial score (nSPS) is 14.3. The fraction of sp³-hybridized carbons (Fsp3) is 0.600. The summed E-state index contributed by atoms with van der Waals surface area (Å²) in [5.74, 6) is 0.484. The van der Waals surface area contributed by atoms with E-state index >= 15 is 0 Å². The summed E-state index contributed by atoms with van der Waals surface area (Å²) in [6.07, 6.45) is 3.15. The molecule has 1 aliphatic carbocycles. The van der Waals surface area contributed by atoms with Crippen LogP contribution in [0.25, 0.3) is 0 Å². The number of hydrogen-bond acceptors (Lipinski definition) is 4. The van der Waals surface area contributed by atoms with Gasteiger partial charge in [0.15, 0.2) is 0 Å². The fourth-order valence-corrected chi connectivity index (χ4v) is 2.02. The molecule has 0 aliphatic heterocycles. The molecule has 4 nitrogen and oxygen atoms in total. The lowest BCUT2D eigenvalue weighted by Gasteiger charge is -2.32. The van der Waals surface area contributed by atoms with Crippen molar-refractivity contribution in [3.63, 3.8) is 0 Å². The van der Waals surface area contributed by atoms with E-state index in [4.69, 9.17) is 4.74 Å². The van der Waals surface area contributed by atoms with Crippen molar-refractivity contribution in [3.05, 3.63) is 22.9 Å². The van der Waals surface area contributed by atoms with E-state index in [1.165, 1.54) is 5.56 Å². The predicted molar refractivity (Wildman–Crippen MR) is 74.2 cm³/mol. The molecule has 0 radical (unpaired) electrons. The van der Waals surface area contributed by atoms with E-state index in [0.717, 1.165) is 25.0 Å². The summed E-state index contributed by atoms with van der Waals surface area (Å²) in [5.41, 5.74) is 2.76. The molecule has 0 atom stereocenters. The summed E-state index contributed by atoms with van der Waals surface area (Å²) in [5, 5.41) is 9.21. The molecule has 4 heteroatoms. The van der Waals surface area contributed by atoms with Crippen LogP contribution in [0.5, 0.6) is 5.88 Å². The van der Waals surface area contributed by atoms with Gasteiger partial charge in [0.05, 0.1) is 0 Å². The maximum Gasteiger partial charge on any atom is 0.231 e. The van der Waals surface area contributed by atoms with Crippen LogP contribution in [-0.2, 0) is 12.8 Å². The Hall–Kier alpha value is -1.60. The number of fused-ring (bicyclic) bond motifs is 1. The number of nitriles is 1. The largest absolute Gasteiger partial charge is 0.475 e. The van der Waals surface area contributed by atoms with Crippen LogP contribution in [0.4, 0.5) is 0 Å². The Morgan fingerprint density at radius 2 is 2.16 bits per heavy atom. The highest BCUT2D eigenvalue weighted by Crippen LogP contribution is 2.26. The van der Waals surface area contributed by atoms with Crippen LogP contribution in [0.1, 0.15) is 37.1 Å². The third-order valence-electron chi connectivity index (χ3n) is 3.91. The SMILES string of the molecule is CN(C)C(C)(C)COc1nc2c(cc1C#N)CCC2. The molecule has 0 fully saturated rings. The van der Waals surface area contributed by atoms with Crippen molar-refractivity contribution in [1.82, 2.24) is 9.88 Å². The summed E-state index contributed by atoms with van der Waals surface area (Å²) >= 11 is 0. The number of ether oxygens (including phenoxy) is 1. The Morgan fingerprint density at radius 1 is 1.42 bits per heavy atom. The van der Waals surface area contributed by atoms with Crippen LogP contribution in [0.2, 0.25) is 0 Å². The van der Waals surface area contributed by atoms with E-state index in [-0.39, 0.29) is 5.54 Å². The van der Waals surface area contributed by atoms with Gasteiger partial charge >= 0.3 is 0 Å². The molecule has 2 rings (SSSR count). The van der Waals surface area contributed by atoms with E-state index in [9.17, 15) is 5.26 Å². The second-order valence-electron chi connectivity index (χ2n) is 5.91. The van der Waals surface area contributed by atoms with Gasteiger partial charge in [-0.15, -0.1) is 0 Å². The average Bonchev–Trinajstić information content (AvgIpc) is 2.81. The summed E-state index contributed by atoms with van der Waals surface area (Å²) in [6, 6.07) is 4.13. The van der Waals surface area contributed by atoms with Crippen molar-refractivity contribution in [2.24, 2.45) is 0 Å². The molecular formula is C15H21N3O. The van der Waals surface area contributed by atoms with Crippen LogP contribution in [0.3, 0.4) is 0 Å². The Balaban J connectivity index is 2.19. The highest BCUT2D eigenvalue weighted by atomic mass is 16.5. The molecule has 0 N–H and O–H groups in total. The van der Waals surface area contributed by atoms with Gasteiger partial charge in [-0.05, 0) is 58.8 Å². The van der Waals surface area contributed by atoms with Gasteiger partial charge in [0.25, 0.3) is 0 Å². The molecular weight excluding hydrogens is 238 g/mol. The zero-order valence-corrected chi connectivity index (χ0v) is 12.2. The van der Waals surface area contributed by atoms with E-state index in [1.807, 2.05) is 20.2 Å². The first-order chi connectivity index (χ1) is 8.94. The molecule has 0 amide bonds. The van der Waals surface area contributed by atoms with Gasteiger partial charge in [0.2, 0.25) is 5.88 Å². The Kier molecular flexibility index (Phi) is 3.77. The molecule has 0 unspecified atom stereocenters. The van der Waals surface area contributed by atoms with Gasteiger partial charge in [0.1, 0.15) is 18.2 Å². The number of likely N-dealkylation sites (N-methyl/N-ethyl adjacent to an activating group) is 1. The molecule has 0 saturated heterocycles. The Bertz CT molecular complexity index is 515. The first-order valence-electron chi connectivity index (χ1n) is 6.67. The van der Waals surface area contributed by atoms with Crippen molar-refractivity contribution in [2.45, 2.75) is 38.6 Å². The molecule has 1 aliphatic rings. The monoisotopic (exact) mass is 259 g/mol. The van der Waals surface area contributed by atoms with Gasteiger partial charge in [-0.25, -0.2) is 4.98 Å². The number of aromatic nitrogens is 1. The lowest BCUT2D eigenvalue weighted by Crippen LogP contribution is -2.43. The minimum atomic E-state index is -0.0899. The van der Waals surface area contributed by atoms with Gasteiger partial charge in [-0.2, -0.15) is 5.26 Å². The maximum atomic E-state index is 9.21. The summed E-state index contributed by atoms with van der Waals surface area (Å²) in [6.45, 7) is 4.72. The zero-order chi connectivity index (χ0) is 14.0. The molecule has 102 valence electrons. The number of aryl methyl sites for hydroxylation is 2. The third-order valence-corrected chi connectivity index (χ3v) is 3.91. The zero-order valence-electron chi connectivity index (χ0n) is 12.2. The number of rotatable bonds is 4. The number of hydrogen-bond donors (Lipinski definition) is 0. The molecule has 1 heterocycles. The van der Waals surface area contributed by atoms with Crippen molar-refractivity contribution in [3.8, 4) is 11.9 Å². The van der Waals surface area contributed by atoms with Gasteiger partial charge in [0, 0.05) is 11.2 Å². The van der Waals surface area contributed by atoms with Crippen LogP contribution < -0.4 is 4.74 Å². The standard InChI is InChI=1S/C15H21N3O/c1-15(2,18(3)4)10-19-14-12(9-16)8-11-6-5-7-13(11)17-14/h8H,5-7,10H2,1-4H3. The Labute approximate surface area is 115 Å². The van der Waals surface area contributed by atoms with Crippen molar-refractivity contribution in [2.75, 3.05) is 20.7 Å². The first-order valence-corrected chi connectivity index (χ1v) is 6.67. The van der Waals surface area contributed by atoms with Crippen molar-refractivity contribution < 1.29 is 4.74 Å². The topological polar surface area (TPSA) is 49.1 Å². The van der Waals surface area contributed by atoms with Crippen LogP contribution in [0.15, 0.2) is 6.07 Å². The van der Waals surface area contributed by atoms with E-state index < -0.39 is 0 Å². The molecule has 19 heavy (non-hydrogen) atoms. The van der Waals surface area contributed by atoms with Crippen LogP contribution in [0, 0.1) is 11.3 Å². The van der Waals surface area contributed by atoms with Gasteiger partial charge in [-0.3, -0.25) is 0 Å². The first kappa shape index (κ1) is 13.8. The van der Waals surface area contributed by atoms with Crippen molar-refractivity contribution in [1.29, 1.82) is 5.26 Å². The molecule has 0 bridgehead atoms. The summed E-state index contributed by atoms with van der Waals surface area (Å²) < 4.78 is 5.80. The summed E-state index contributed by atoms with van der Waals surface area (Å²) in [7, 11) is 4.04. The number of nitrogens with zero attached hydrogens (tertiary/aromatic N) is 3. The second-order valence-corrected chi connectivity index (χ2v) is 5.91. The molecule has 1 aromatic heterocycles. The quantitative estimate of drug-likeness (QED) is 0.831. The molecule has 0 spiro atoms. The Morgan fingerprint density at radius 3 is 2.79 bits per heavy atom. The van der Waals surface area contributed by atoms with Crippen LogP contribution >= 0.6 is 0 Å². The minimum absolute atomic E-state index is 0.0899. The molecule has 1 aromatic rings. The van der Waals surface area contributed by atoms with E-state index in [0.29, 0.717) is 18.1 Å². The van der Waals surface area contributed by atoms with Gasteiger partial charge in [-0.1, -0.05) is 0 Å². The molecule has 0 aromatic carbocycles. The van der Waals surface area contributed by atoms with Gasteiger partial charge < -0.3 is 9.64 Å². The number of pyridine rings is 1. The molecule has 0 saturated carbocycles. The van der Waals surface area contributed by atoms with E-state index in [2.05, 4.69) is 29.8 Å².